The molecule has 0 aliphatic carbocycles. The number of carbonyl (C=O) groups is 2. The average molecular weight is 387 g/mol. The summed E-state index contributed by atoms with van der Waals surface area (Å²) in [6, 6.07) is 0. The number of rotatable bonds is 7. The molecule has 10 nitrogen and oxygen atoms in total. The van der Waals surface area contributed by atoms with E-state index >= 15 is 0 Å². The molecule has 2 amide bonds. The predicted octanol–water partition coefficient (Wildman–Crippen LogP) is 0.305. The lowest BCUT2D eigenvalue weighted by atomic mass is 9.98. The second-order valence-corrected chi connectivity index (χ2v) is 6.88. The Morgan fingerprint density at radius 1 is 1.29 bits per heavy atom. The summed E-state index contributed by atoms with van der Waals surface area (Å²) in [6.45, 7) is 4.62. The standard InChI is InChI=1S/C18H25N7O3/c1-13-8-21-15(9-20-13)18(27)24-6-3-4-14(10-24)11-25-12-16(22-23-25)17(26)19-5-7-28-2/h8-9,12,14H,3-7,10-11H2,1-2H3,(H,19,26)/t14-/m0/s1. The van der Waals surface area contributed by atoms with Crippen LogP contribution in [-0.4, -0.2) is 75.0 Å². The van der Waals surface area contributed by atoms with E-state index in [0.29, 0.717) is 38.5 Å². The average Bonchev–Trinajstić information content (AvgIpc) is 3.17. The lowest BCUT2D eigenvalue weighted by Gasteiger charge is -2.32. The van der Waals surface area contributed by atoms with Crippen LogP contribution in [0.25, 0.3) is 0 Å². The Bertz CT molecular complexity index is 806. The van der Waals surface area contributed by atoms with E-state index in [0.717, 1.165) is 18.5 Å². The van der Waals surface area contributed by atoms with E-state index in [4.69, 9.17) is 4.74 Å². The fourth-order valence-corrected chi connectivity index (χ4v) is 3.18. The van der Waals surface area contributed by atoms with Gasteiger partial charge in [-0.25, -0.2) is 4.98 Å². The van der Waals surface area contributed by atoms with Gasteiger partial charge in [0.1, 0.15) is 5.69 Å². The van der Waals surface area contributed by atoms with E-state index in [2.05, 4.69) is 25.6 Å². The van der Waals surface area contributed by atoms with Crippen LogP contribution in [-0.2, 0) is 11.3 Å². The van der Waals surface area contributed by atoms with Gasteiger partial charge in [0, 0.05) is 39.5 Å². The maximum atomic E-state index is 12.7. The highest BCUT2D eigenvalue weighted by Crippen LogP contribution is 2.19. The van der Waals surface area contributed by atoms with E-state index in [9.17, 15) is 9.59 Å². The zero-order chi connectivity index (χ0) is 19.9. The second kappa shape index (κ2) is 9.36. The zero-order valence-electron chi connectivity index (χ0n) is 16.2. The first-order valence-corrected chi connectivity index (χ1v) is 9.32. The number of ether oxygens (including phenoxy) is 1. The van der Waals surface area contributed by atoms with Gasteiger partial charge >= 0.3 is 0 Å². The van der Waals surface area contributed by atoms with Crippen molar-refractivity contribution in [3.8, 4) is 0 Å². The fourth-order valence-electron chi connectivity index (χ4n) is 3.18. The number of piperidine rings is 1. The van der Waals surface area contributed by atoms with Gasteiger partial charge in [0.2, 0.25) is 0 Å². The molecule has 1 atom stereocenters. The first-order valence-electron chi connectivity index (χ1n) is 9.32. The normalized spacial score (nSPS) is 16.8. The Morgan fingerprint density at radius 2 is 2.14 bits per heavy atom. The van der Waals surface area contributed by atoms with Gasteiger partial charge < -0.3 is 15.0 Å². The van der Waals surface area contributed by atoms with Crippen LogP contribution in [0.2, 0.25) is 0 Å². The van der Waals surface area contributed by atoms with Crippen LogP contribution < -0.4 is 5.32 Å². The molecule has 1 N–H and O–H groups in total. The molecule has 150 valence electrons. The van der Waals surface area contributed by atoms with Gasteiger partial charge in [0.05, 0.1) is 24.7 Å². The van der Waals surface area contributed by atoms with Gasteiger partial charge in [-0.1, -0.05) is 5.21 Å². The van der Waals surface area contributed by atoms with E-state index in [1.807, 2.05) is 11.8 Å². The van der Waals surface area contributed by atoms with Gasteiger partial charge in [-0.2, -0.15) is 0 Å². The molecule has 10 heteroatoms. The molecule has 28 heavy (non-hydrogen) atoms. The molecule has 0 bridgehead atoms. The number of amides is 2. The fraction of sp³-hybridized carbons (Fsp3) is 0.556. The molecular formula is C18H25N7O3. The number of hydrogen-bond donors (Lipinski definition) is 1. The van der Waals surface area contributed by atoms with Crippen LogP contribution >= 0.6 is 0 Å². The number of likely N-dealkylation sites (tertiary alicyclic amines) is 1. The van der Waals surface area contributed by atoms with Crippen molar-refractivity contribution in [1.29, 1.82) is 0 Å². The third-order valence-electron chi connectivity index (χ3n) is 4.61. The minimum absolute atomic E-state index is 0.103. The van der Waals surface area contributed by atoms with Crippen LogP contribution in [0.4, 0.5) is 0 Å². The van der Waals surface area contributed by atoms with Crippen LogP contribution in [0.5, 0.6) is 0 Å². The summed E-state index contributed by atoms with van der Waals surface area (Å²) < 4.78 is 6.57. The molecule has 2 aromatic rings. The SMILES string of the molecule is COCCNC(=O)c1cn(C[C@H]2CCCN(C(=O)c3cnc(C)cn3)C2)nn1. The molecule has 1 aliphatic rings. The summed E-state index contributed by atoms with van der Waals surface area (Å²) in [5.74, 6) is -0.141. The highest BCUT2D eigenvalue weighted by molar-refractivity contribution is 5.92. The highest BCUT2D eigenvalue weighted by atomic mass is 16.5. The van der Waals surface area contributed by atoms with Crippen molar-refractivity contribution >= 4 is 11.8 Å². The Labute approximate surface area is 163 Å². The minimum atomic E-state index is -0.276. The maximum absolute atomic E-state index is 12.7. The van der Waals surface area contributed by atoms with Crippen molar-refractivity contribution in [1.82, 2.24) is 35.2 Å². The molecule has 1 fully saturated rings. The summed E-state index contributed by atoms with van der Waals surface area (Å²) in [5.41, 5.74) is 1.41. The Kier molecular flexibility index (Phi) is 6.64. The topological polar surface area (TPSA) is 115 Å². The summed E-state index contributed by atoms with van der Waals surface area (Å²) in [5, 5.41) is 10.7. The van der Waals surface area contributed by atoms with E-state index in [-0.39, 0.29) is 23.4 Å². The van der Waals surface area contributed by atoms with E-state index in [1.54, 1.807) is 24.2 Å². The molecule has 0 aromatic carbocycles. The van der Waals surface area contributed by atoms with Crippen molar-refractivity contribution in [2.75, 3.05) is 33.4 Å². The molecule has 0 saturated carbocycles. The Hall–Kier alpha value is -2.88. The maximum Gasteiger partial charge on any atom is 0.274 e. The third kappa shape index (κ3) is 5.10. The van der Waals surface area contributed by atoms with Crippen LogP contribution in [0.3, 0.4) is 0 Å². The number of methoxy groups -OCH3 is 1. The first kappa shape index (κ1) is 19.9. The van der Waals surface area contributed by atoms with Gasteiger partial charge in [0.25, 0.3) is 11.8 Å². The van der Waals surface area contributed by atoms with E-state index < -0.39 is 0 Å². The smallest absolute Gasteiger partial charge is 0.274 e. The molecule has 3 rings (SSSR count). The van der Waals surface area contributed by atoms with E-state index in [1.165, 1.54) is 6.20 Å². The summed E-state index contributed by atoms with van der Waals surface area (Å²) in [4.78, 5) is 34.8. The number of aromatic nitrogens is 5. The number of aryl methyl sites for hydroxylation is 1. The van der Waals surface area contributed by atoms with Gasteiger partial charge in [-0.3, -0.25) is 19.3 Å². The lowest BCUT2D eigenvalue weighted by Crippen LogP contribution is -2.41. The molecule has 3 heterocycles. The minimum Gasteiger partial charge on any atom is -0.383 e. The van der Waals surface area contributed by atoms with Crippen LogP contribution in [0.15, 0.2) is 18.6 Å². The second-order valence-electron chi connectivity index (χ2n) is 6.88. The van der Waals surface area contributed by atoms with Gasteiger partial charge in [-0.05, 0) is 25.7 Å². The largest absolute Gasteiger partial charge is 0.383 e. The summed E-state index contributed by atoms with van der Waals surface area (Å²) in [7, 11) is 1.58. The molecule has 0 radical (unpaired) electrons. The first-order chi connectivity index (χ1) is 13.6. The monoisotopic (exact) mass is 387 g/mol. The molecule has 0 unspecified atom stereocenters. The zero-order valence-corrected chi connectivity index (χ0v) is 16.2. The van der Waals surface area contributed by atoms with Crippen molar-refractivity contribution in [2.45, 2.75) is 26.3 Å². The molecule has 1 aliphatic heterocycles. The Balaban J connectivity index is 1.55. The Morgan fingerprint density at radius 3 is 2.89 bits per heavy atom. The van der Waals surface area contributed by atoms with Crippen molar-refractivity contribution in [3.63, 3.8) is 0 Å². The third-order valence-corrected chi connectivity index (χ3v) is 4.61. The van der Waals surface area contributed by atoms with Gasteiger partial charge in [-0.15, -0.1) is 5.10 Å². The van der Waals surface area contributed by atoms with Crippen LogP contribution in [0.1, 0.15) is 39.5 Å². The summed E-state index contributed by atoms with van der Waals surface area (Å²) >= 11 is 0. The molecular weight excluding hydrogens is 362 g/mol. The van der Waals surface area contributed by atoms with Crippen molar-refractivity contribution < 1.29 is 14.3 Å². The highest BCUT2D eigenvalue weighted by Gasteiger charge is 2.26. The molecule has 0 spiro atoms. The van der Waals surface area contributed by atoms with Crippen LogP contribution in [0, 0.1) is 12.8 Å². The number of nitrogens with zero attached hydrogens (tertiary/aromatic N) is 6. The number of carbonyl (C=O) groups excluding carboxylic acids is 2. The van der Waals surface area contributed by atoms with Crippen molar-refractivity contribution in [2.24, 2.45) is 5.92 Å². The number of nitrogens with one attached hydrogen (secondary N) is 1. The summed E-state index contributed by atoms with van der Waals surface area (Å²) in [6.07, 6.45) is 6.65. The lowest BCUT2D eigenvalue weighted by molar-refractivity contribution is 0.0653. The molecule has 2 aromatic heterocycles. The van der Waals surface area contributed by atoms with Crippen molar-refractivity contribution in [3.05, 3.63) is 35.7 Å². The van der Waals surface area contributed by atoms with Gasteiger partial charge in [0.15, 0.2) is 5.69 Å². The quantitative estimate of drug-likeness (QED) is 0.680. The predicted molar refractivity (Wildman–Crippen MR) is 99.6 cm³/mol. The molecule has 1 saturated heterocycles. The number of hydrogen-bond acceptors (Lipinski definition) is 7.